The molecule has 0 aromatic rings. The van der Waals surface area contributed by atoms with Crippen molar-refractivity contribution in [2.45, 2.75) is 44.3 Å². The van der Waals surface area contributed by atoms with Gasteiger partial charge in [-0.15, -0.1) is 0 Å². The van der Waals surface area contributed by atoms with Crippen molar-refractivity contribution in [1.82, 2.24) is 9.62 Å². The Hall–Kier alpha value is -0.340. The number of nitrogens with one attached hydrogen (secondary N) is 1. The van der Waals surface area contributed by atoms with Crippen LogP contribution in [-0.2, 0) is 10.0 Å². The van der Waals surface area contributed by atoms with E-state index in [1.807, 2.05) is 0 Å². The zero-order chi connectivity index (χ0) is 14.5. The molecule has 1 N–H and O–H groups in total. The summed E-state index contributed by atoms with van der Waals surface area (Å²) < 4.78 is 61.3. The van der Waals surface area contributed by atoms with Crippen molar-refractivity contribution in [3.8, 4) is 0 Å². The van der Waals surface area contributed by atoms with E-state index in [4.69, 9.17) is 0 Å². The molecule has 1 rings (SSSR count). The predicted molar refractivity (Wildman–Crippen MR) is 67.3 cm³/mol. The van der Waals surface area contributed by atoms with Gasteiger partial charge < -0.3 is 5.32 Å². The lowest BCUT2D eigenvalue weighted by atomic mass is 10.1. The number of alkyl halides is 3. The Balaban J connectivity index is 2.50. The smallest absolute Gasteiger partial charge is 0.317 e. The Morgan fingerprint density at radius 2 is 1.95 bits per heavy atom. The topological polar surface area (TPSA) is 49.4 Å². The van der Waals surface area contributed by atoms with Gasteiger partial charge in [0.15, 0.2) is 0 Å². The fourth-order valence-corrected chi connectivity index (χ4v) is 3.65. The standard InChI is InChI=1S/C11H21F3N2O2S/c1-16(10-4-2-7-15-8-5-10)19(17,18)9-3-6-11(12,13)14/h10,15H,2-9H2,1H3. The first-order valence-electron chi connectivity index (χ1n) is 6.45. The Bertz CT molecular complexity index is 363. The van der Waals surface area contributed by atoms with E-state index >= 15 is 0 Å². The van der Waals surface area contributed by atoms with Crippen molar-refractivity contribution >= 4 is 10.0 Å². The minimum atomic E-state index is -4.29. The van der Waals surface area contributed by atoms with E-state index in [0.717, 1.165) is 25.9 Å². The number of nitrogens with zero attached hydrogens (tertiary/aromatic N) is 1. The minimum Gasteiger partial charge on any atom is -0.317 e. The van der Waals surface area contributed by atoms with Gasteiger partial charge in [0, 0.05) is 19.5 Å². The summed E-state index contributed by atoms with van der Waals surface area (Å²) in [6.45, 7) is 1.60. The Kier molecular flexibility index (Phi) is 6.07. The monoisotopic (exact) mass is 302 g/mol. The van der Waals surface area contributed by atoms with E-state index in [1.165, 1.54) is 11.4 Å². The fraction of sp³-hybridized carbons (Fsp3) is 1.00. The average Bonchev–Trinajstić information content (AvgIpc) is 2.54. The summed E-state index contributed by atoms with van der Waals surface area (Å²) >= 11 is 0. The van der Waals surface area contributed by atoms with Gasteiger partial charge in [0.1, 0.15) is 0 Å². The van der Waals surface area contributed by atoms with Crippen LogP contribution in [0.25, 0.3) is 0 Å². The predicted octanol–water partition coefficient (Wildman–Crippen LogP) is 1.73. The molecule has 1 heterocycles. The van der Waals surface area contributed by atoms with Crippen LogP contribution >= 0.6 is 0 Å². The van der Waals surface area contributed by atoms with E-state index in [-0.39, 0.29) is 12.5 Å². The lowest BCUT2D eigenvalue weighted by Gasteiger charge is -2.26. The molecule has 1 fully saturated rings. The molecule has 19 heavy (non-hydrogen) atoms. The summed E-state index contributed by atoms with van der Waals surface area (Å²) in [7, 11) is -2.12. The molecule has 114 valence electrons. The van der Waals surface area contributed by atoms with Gasteiger partial charge in [0.05, 0.1) is 5.75 Å². The van der Waals surface area contributed by atoms with Crippen LogP contribution in [0.1, 0.15) is 32.1 Å². The molecule has 0 aromatic carbocycles. The maximum Gasteiger partial charge on any atom is 0.389 e. The third-order valence-electron chi connectivity index (χ3n) is 3.36. The molecule has 0 bridgehead atoms. The molecule has 1 aliphatic rings. The molecule has 0 aromatic heterocycles. The second-order valence-corrected chi connectivity index (χ2v) is 7.03. The van der Waals surface area contributed by atoms with Gasteiger partial charge in [-0.25, -0.2) is 12.7 Å². The number of sulfonamides is 1. The minimum absolute atomic E-state index is 0.106. The lowest BCUT2D eigenvalue weighted by Crippen LogP contribution is -2.39. The molecule has 0 radical (unpaired) electrons. The van der Waals surface area contributed by atoms with Crippen LogP contribution in [0, 0.1) is 0 Å². The van der Waals surface area contributed by atoms with Crippen LogP contribution in [0.5, 0.6) is 0 Å². The normalized spacial score (nSPS) is 22.5. The van der Waals surface area contributed by atoms with Gasteiger partial charge in [-0.3, -0.25) is 0 Å². The third-order valence-corrected chi connectivity index (χ3v) is 5.34. The molecule has 0 amide bonds. The highest BCUT2D eigenvalue weighted by Crippen LogP contribution is 2.23. The molecular formula is C11H21F3N2O2S. The van der Waals surface area contributed by atoms with Crippen molar-refractivity contribution in [2.75, 3.05) is 25.9 Å². The molecule has 1 atom stereocenters. The second-order valence-electron chi connectivity index (χ2n) is 4.89. The van der Waals surface area contributed by atoms with Crippen LogP contribution in [0.2, 0.25) is 0 Å². The molecule has 8 heteroatoms. The quantitative estimate of drug-likeness (QED) is 0.841. The van der Waals surface area contributed by atoms with Crippen molar-refractivity contribution < 1.29 is 21.6 Å². The van der Waals surface area contributed by atoms with E-state index in [2.05, 4.69) is 5.32 Å². The van der Waals surface area contributed by atoms with E-state index in [0.29, 0.717) is 6.42 Å². The highest BCUT2D eigenvalue weighted by atomic mass is 32.2. The fourth-order valence-electron chi connectivity index (χ4n) is 2.19. The zero-order valence-corrected chi connectivity index (χ0v) is 11.9. The van der Waals surface area contributed by atoms with E-state index in [9.17, 15) is 21.6 Å². The van der Waals surface area contributed by atoms with Gasteiger partial charge in [0.2, 0.25) is 10.0 Å². The molecule has 0 aliphatic carbocycles. The Morgan fingerprint density at radius 1 is 1.26 bits per heavy atom. The van der Waals surface area contributed by atoms with Crippen LogP contribution in [-0.4, -0.2) is 50.8 Å². The number of halogens is 3. The SMILES string of the molecule is CN(C1CCCNCC1)S(=O)(=O)CCCC(F)(F)F. The molecule has 4 nitrogen and oxygen atoms in total. The van der Waals surface area contributed by atoms with Crippen LogP contribution in [0.4, 0.5) is 13.2 Å². The van der Waals surface area contributed by atoms with Crippen molar-refractivity contribution in [1.29, 1.82) is 0 Å². The van der Waals surface area contributed by atoms with Crippen molar-refractivity contribution in [2.24, 2.45) is 0 Å². The number of hydrogen-bond donors (Lipinski definition) is 1. The summed E-state index contributed by atoms with van der Waals surface area (Å²) in [6.07, 6.45) is -3.38. The van der Waals surface area contributed by atoms with Crippen LogP contribution < -0.4 is 5.32 Å². The Labute approximate surface area is 112 Å². The first kappa shape index (κ1) is 16.7. The van der Waals surface area contributed by atoms with Crippen LogP contribution in [0.3, 0.4) is 0 Å². The summed E-state index contributed by atoms with van der Waals surface area (Å²) in [6, 6.07) is -0.106. The molecule has 0 saturated carbocycles. The summed E-state index contributed by atoms with van der Waals surface area (Å²) in [4.78, 5) is 0. The van der Waals surface area contributed by atoms with E-state index in [1.54, 1.807) is 0 Å². The van der Waals surface area contributed by atoms with E-state index < -0.39 is 28.4 Å². The number of hydrogen-bond acceptors (Lipinski definition) is 3. The maximum atomic E-state index is 12.0. The summed E-state index contributed by atoms with van der Waals surface area (Å²) in [5.41, 5.74) is 0. The first-order chi connectivity index (χ1) is 8.72. The average molecular weight is 302 g/mol. The highest BCUT2D eigenvalue weighted by Gasteiger charge is 2.30. The van der Waals surface area contributed by atoms with Gasteiger partial charge in [-0.2, -0.15) is 13.2 Å². The summed E-state index contributed by atoms with van der Waals surface area (Å²) in [5.74, 6) is -0.438. The lowest BCUT2D eigenvalue weighted by molar-refractivity contribution is -0.134. The molecule has 1 saturated heterocycles. The zero-order valence-electron chi connectivity index (χ0n) is 11.0. The van der Waals surface area contributed by atoms with Gasteiger partial charge in [0.25, 0.3) is 0 Å². The Morgan fingerprint density at radius 3 is 2.58 bits per heavy atom. The first-order valence-corrected chi connectivity index (χ1v) is 8.06. The van der Waals surface area contributed by atoms with Crippen molar-refractivity contribution in [3.05, 3.63) is 0 Å². The van der Waals surface area contributed by atoms with Crippen LogP contribution in [0.15, 0.2) is 0 Å². The van der Waals surface area contributed by atoms with Gasteiger partial charge >= 0.3 is 6.18 Å². The molecule has 1 unspecified atom stereocenters. The van der Waals surface area contributed by atoms with Gasteiger partial charge in [-0.1, -0.05) is 0 Å². The summed E-state index contributed by atoms with van der Waals surface area (Å²) in [5, 5.41) is 3.18. The highest BCUT2D eigenvalue weighted by molar-refractivity contribution is 7.89. The van der Waals surface area contributed by atoms with Gasteiger partial charge in [-0.05, 0) is 38.8 Å². The second kappa shape index (κ2) is 6.90. The third kappa shape index (κ3) is 6.09. The molecule has 1 aliphatic heterocycles. The molecule has 0 spiro atoms. The van der Waals surface area contributed by atoms with Crippen molar-refractivity contribution in [3.63, 3.8) is 0 Å². The maximum absolute atomic E-state index is 12.0. The number of rotatable bonds is 5. The molecular weight excluding hydrogens is 281 g/mol. The largest absolute Gasteiger partial charge is 0.389 e.